The minimum atomic E-state index is 0.578. The first-order valence-electron chi connectivity index (χ1n) is 6.18. The van der Waals surface area contributed by atoms with Crippen molar-refractivity contribution in [3.05, 3.63) is 35.9 Å². The Hall–Kier alpha value is -0.470. The molecule has 0 bridgehead atoms. The summed E-state index contributed by atoms with van der Waals surface area (Å²) in [4.78, 5) is 0. The van der Waals surface area contributed by atoms with Crippen LogP contribution in [0.3, 0.4) is 0 Å². The van der Waals surface area contributed by atoms with Crippen molar-refractivity contribution in [1.29, 1.82) is 0 Å². The van der Waals surface area contributed by atoms with Gasteiger partial charge in [0.25, 0.3) is 0 Å². The van der Waals surface area contributed by atoms with Crippen LogP contribution in [0.2, 0.25) is 0 Å². The van der Waals surface area contributed by atoms with E-state index in [1.54, 1.807) is 0 Å². The molecule has 2 heteroatoms. The van der Waals surface area contributed by atoms with Gasteiger partial charge < -0.3 is 5.32 Å². The zero-order valence-corrected chi connectivity index (χ0v) is 11.2. The topological polar surface area (TPSA) is 12.0 Å². The van der Waals surface area contributed by atoms with E-state index >= 15 is 0 Å². The standard InChI is InChI=1S/C14H23NS/c1-3-16-11-7-10-15-13(2)12-14-8-5-4-6-9-14/h4-6,8-9,13,15H,3,7,10-12H2,1-2H3. The SMILES string of the molecule is CCSCCCNC(C)Cc1ccccc1. The molecule has 0 radical (unpaired) electrons. The highest BCUT2D eigenvalue weighted by Gasteiger charge is 2.01. The lowest BCUT2D eigenvalue weighted by Crippen LogP contribution is -2.29. The molecule has 1 rings (SSSR count). The first-order chi connectivity index (χ1) is 7.83. The summed E-state index contributed by atoms with van der Waals surface area (Å²) in [5.41, 5.74) is 1.42. The van der Waals surface area contributed by atoms with Crippen molar-refractivity contribution in [1.82, 2.24) is 5.32 Å². The molecular weight excluding hydrogens is 214 g/mol. The van der Waals surface area contributed by atoms with E-state index in [4.69, 9.17) is 0 Å². The van der Waals surface area contributed by atoms with Crippen molar-refractivity contribution in [2.75, 3.05) is 18.1 Å². The summed E-state index contributed by atoms with van der Waals surface area (Å²) in [6.07, 6.45) is 2.40. The summed E-state index contributed by atoms with van der Waals surface area (Å²) >= 11 is 2.02. The van der Waals surface area contributed by atoms with Gasteiger partial charge in [0, 0.05) is 6.04 Å². The maximum absolute atomic E-state index is 3.58. The molecule has 16 heavy (non-hydrogen) atoms. The summed E-state index contributed by atoms with van der Waals surface area (Å²) in [6.45, 7) is 5.62. The van der Waals surface area contributed by atoms with E-state index in [-0.39, 0.29) is 0 Å². The second kappa shape index (κ2) is 8.66. The van der Waals surface area contributed by atoms with Gasteiger partial charge in [-0.15, -0.1) is 0 Å². The average molecular weight is 237 g/mol. The fourth-order valence-electron chi connectivity index (χ4n) is 1.71. The zero-order valence-electron chi connectivity index (χ0n) is 10.4. The first-order valence-corrected chi connectivity index (χ1v) is 7.33. The number of benzene rings is 1. The molecule has 0 heterocycles. The fraction of sp³-hybridized carbons (Fsp3) is 0.571. The molecule has 1 aromatic carbocycles. The minimum Gasteiger partial charge on any atom is -0.314 e. The lowest BCUT2D eigenvalue weighted by atomic mass is 10.1. The van der Waals surface area contributed by atoms with Gasteiger partial charge in [-0.05, 0) is 43.4 Å². The second-order valence-corrected chi connectivity index (χ2v) is 5.49. The smallest absolute Gasteiger partial charge is 0.00791 e. The molecule has 0 aromatic heterocycles. The predicted octanol–water partition coefficient (Wildman–Crippen LogP) is 3.35. The lowest BCUT2D eigenvalue weighted by Gasteiger charge is -2.13. The summed E-state index contributed by atoms with van der Waals surface area (Å²) in [7, 11) is 0. The number of rotatable bonds is 8. The van der Waals surface area contributed by atoms with E-state index in [1.165, 1.54) is 23.5 Å². The van der Waals surface area contributed by atoms with Gasteiger partial charge >= 0.3 is 0 Å². The van der Waals surface area contributed by atoms with Crippen LogP contribution >= 0.6 is 11.8 Å². The van der Waals surface area contributed by atoms with Crippen LogP contribution in [0.1, 0.15) is 25.8 Å². The largest absolute Gasteiger partial charge is 0.314 e. The van der Waals surface area contributed by atoms with Crippen LogP contribution in [-0.2, 0) is 6.42 Å². The number of nitrogens with one attached hydrogen (secondary N) is 1. The van der Waals surface area contributed by atoms with Crippen molar-refractivity contribution >= 4 is 11.8 Å². The molecule has 0 aliphatic heterocycles. The van der Waals surface area contributed by atoms with Crippen molar-refractivity contribution < 1.29 is 0 Å². The number of hydrogen-bond donors (Lipinski definition) is 1. The van der Waals surface area contributed by atoms with E-state index in [1.807, 2.05) is 11.8 Å². The molecule has 0 saturated carbocycles. The third kappa shape index (κ3) is 6.19. The molecule has 0 aliphatic carbocycles. The van der Waals surface area contributed by atoms with Gasteiger partial charge in [-0.2, -0.15) is 11.8 Å². The summed E-state index contributed by atoms with van der Waals surface area (Å²) < 4.78 is 0. The maximum atomic E-state index is 3.58. The Balaban J connectivity index is 2.09. The quantitative estimate of drug-likeness (QED) is 0.696. The van der Waals surface area contributed by atoms with Gasteiger partial charge in [0.15, 0.2) is 0 Å². The van der Waals surface area contributed by atoms with E-state index < -0.39 is 0 Å². The first kappa shape index (κ1) is 13.6. The molecule has 0 fully saturated rings. The Kier molecular flexibility index (Phi) is 7.35. The van der Waals surface area contributed by atoms with Gasteiger partial charge in [-0.1, -0.05) is 37.3 Å². The zero-order chi connectivity index (χ0) is 11.6. The van der Waals surface area contributed by atoms with Gasteiger partial charge in [-0.3, -0.25) is 0 Å². The highest BCUT2D eigenvalue weighted by Crippen LogP contribution is 2.03. The fourth-order valence-corrected chi connectivity index (χ4v) is 2.34. The summed E-state index contributed by atoms with van der Waals surface area (Å²) in [5.74, 6) is 2.52. The molecule has 90 valence electrons. The normalized spacial score (nSPS) is 12.6. The summed E-state index contributed by atoms with van der Waals surface area (Å²) in [5, 5.41) is 3.58. The van der Waals surface area contributed by atoms with Crippen LogP contribution < -0.4 is 5.32 Å². The van der Waals surface area contributed by atoms with Crippen LogP contribution in [0.15, 0.2) is 30.3 Å². The van der Waals surface area contributed by atoms with Crippen molar-refractivity contribution in [3.8, 4) is 0 Å². The molecule has 0 spiro atoms. The van der Waals surface area contributed by atoms with Crippen LogP contribution in [0.5, 0.6) is 0 Å². The van der Waals surface area contributed by atoms with Crippen molar-refractivity contribution in [2.45, 2.75) is 32.7 Å². The average Bonchev–Trinajstić information content (AvgIpc) is 2.30. The molecule has 1 aromatic rings. The highest BCUT2D eigenvalue weighted by atomic mass is 32.2. The monoisotopic (exact) mass is 237 g/mol. The molecule has 1 nitrogen and oxygen atoms in total. The van der Waals surface area contributed by atoms with E-state index in [9.17, 15) is 0 Å². The van der Waals surface area contributed by atoms with E-state index in [2.05, 4.69) is 49.5 Å². The molecule has 1 N–H and O–H groups in total. The molecule has 0 aliphatic rings. The van der Waals surface area contributed by atoms with Crippen LogP contribution in [0.25, 0.3) is 0 Å². The van der Waals surface area contributed by atoms with E-state index in [0.717, 1.165) is 13.0 Å². The van der Waals surface area contributed by atoms with E-state index in [0.29, 0.717) is 6.04 Å². The molecule has 1 atom stereocenters. The van der Waals surface area contributed by atoms with Gasteiger partial charge in [0.1, 0.15) is 0 Å². The lowest BCUT2D eigenvalue weighted by molar-refractivity contribution is 0.545. The Morgan fingerprint density at radius 3 is 2.69 bits per heavy atom. The Bertz CT molecular complexity index is 261. The van der Waals surface area contributed by atoms with Crippen molar-refractivity contribution in [2.24, 2.45) is 0 Å². The predicted molar refractivity (Wildman–Crippen MR) is 75.2 cm³/mol. The number of hydrogen-bond acceptors (Lipinski definition) is 2. The molecule has 0 amide bonds. The van der Waals surface area contributed by atoms with Crippen LogP contribution in [-0.4, -0.2) is 24.1 Å². The van der Waals surface area contributed by atoms with Crippen molar-refractivity contribution in [3.63, 3.8) is 0 Å². The van der Waals surface area contributed by atoms with Gasteiger partial charge in [0.2, 0.25) is 0 Å². The Morgan fingerprint density at radius 1 is 1.25 bits per heavy atom. The second-order valence-electron chi connectivity index (χ2n) is 4.10. The third-order valence-corrected chi connectivity index (χ3v) is 3.53. The molecule has 0 saturated heterocycles. The Labute approximate surface area is 104 Å². The minimum absolute atomic E-state index is 0.578. The maximum Gasteiger partial charge on any atom is 0.00791 e. The number of thioether (sulfide) groups is 1. The van der Waals surface area contributed by atoms with Crippen LogP contribution in [0, 0.1) is 0 Å². The third-order valence-electron chi connectivity index (χ3n) is 2.55. The van der Waals surface area contributed by atoms with Gasteiger partial charge in [-0.25, -0.2) is 0 Å². The summed E-state index contributed by atoms with van der Waals surface area (Å²) in [6, 6.07) is 11.3. The van der Waals surface area contributed by atoms with Gasteiger partial charge in [0.05, 0.1) is 0 Å². The van der Waals surface area contributed by atoms with Crippen LogP contribution in [0.4, 0.5) is 0 Å². The molecular formula is C14H23NS. The molecule has 1 unspecified atom stereocenters. The Morgan fingerprint density at radius 2 is 2.00 bits per heavy atom. The highest BCUT2D eigenvalue weighted by molar-refractivity contribution is 7.99.